The maximum atomic E-state index is 12.0. The van der Waals surface area contributed by atoms with Gasteiger partial charge in [-0.2, -0.15) is 0 Å². The van der Waals surface area contributed by atoms with Crippen molar-refractivity contribution in [3.63, 3.8) is 0 Å². The van der Waals surface area contributed by atoms with Gasteiger partial charge in [-0.05, 0) is 43.9 Å². The number of carbonyl (C=O) groups is 1. The minimum absolute atomic E-state index is 0.0281. The number of hydrogen-bond donors (Lipinski definition) is 2. The van der Waals surface area contributed by atoms with Crippen LogP contribution in [0.4, 0.5) is 5.69 Å². The minimum atomic E-state index is -0.544. The normalized spacial score (nSPS) is 20.6. The van der Waals surface area contributed by atoms with E-state index >= 15 is 0 Å². The van der Waals surface area contributed by atoms with Gasteiger partial charge in [0, 0.05) is 13.6 Å². The van der Waals surface area contributed by atoms with Crippen LogP contribution in [0.3, 0.4) is 0 Å². The van der Waals surface area contributed by atoms with Crippen molar-refractivity contribution in [2.45, 2.75) is 38.3 Å². The molecule has 1 saturated heterocycles. The van der Waals surface area contributed by atoms with Crippen LogP contribution in [0, 0.1) is 0 Å². The fourth-order valence-corrected chi connectivity index (χ4v) is 2.97. The molecule has 0 aliphatic carbocycles. The van der Waals surface area contributed by atoms with Crippen molar-refractivity contribution in [2.75, 3.05) is 18.5 Å². The molecule has 110 valence electrons. The lowest BCUT2D eigenvalue weighted by Crippen LogP contribution is -2.49. The van der Waals surface area contributed by atoms with Crippen molar-refractivity contribution in [1.29, 1.82) is 0 Å². The Hall–Kier alpha value is -1.26. The monoisotopic (exact) mass is 296 g/mol. The predicted molar refractivity (Wildman–Crippen MR) is 81.1 cm³/mol. The van der Waals surface area contributed by atoms with Crippen LogP contribution in [0.15, 0.2) is 18.2 Å². The quantitative estimate of drug-likeness (QED) is 0.901. The smallest absolute Gasteiger partial charge is 0.242 e. The van der Waals surface area contributed by atoms with Crippen molar-refractivity contribution >= 4 is 23.2 Å². The lowest BCUT2D eigenvalue weighted by molar-refractivity contribution is -0.122. The van der Waals surface area contributed by atoms with Crippen molar-refractivity contribution in [3.8, 4) is 0 Å². The highest BCUT2D eigenvalue weighted by molar-refractivity contribution is 6.33. The number of benzene rings is 1. The molecule has 0 radical (unpaired) electrons. The molecule has 0 aromatic heterocycles. The molecule has 5 heteroatoms. The molecule has 0 bridgehead atoms. The Morgan fingerprint density at radius 1 is 1.50 bits per heavy atom. The zero-order chi connectivity index (χ0) is 14.7. The number of likely N-dealkylation sites (N-methyl/N-ethyl adjacent to an activating group) is 1. The molecule has 1 aromatic rings. The van der Waals surface area contributed by atoms with E-state index in [1.165, 1.54) is 0 Å². The van der Waals surface area contributed by atoms with E-state index in [-0.39, 0.29) is 11.9 Å². The van der Waals surface area contributed by atoms with Gasteiger partial charge in [0.2, 0.25) is 5.91 Å². The van der Waals surface area contributed by atoms with Crippen molar-refractivity contribution in [2.24, 2.45) is 0 Å². The summed E-state index contributed by atoms with van der Waals surface area (Å²) < 4.78 is 0. The van der Waals surface area contributed by atoms with Gasteiger partial charge in [-0.25, -0.2) is 0 Å². The second kappa shape index (κ2) is 6.46. The highest BCUT2D eigenvalue weighted by Gasteiger charge is 2.29. The van der Waals surface area contributed by atoms with Gasteiger partial charge in [-0.15, -0.1) is 0 Å². The number of nitrogens with one attached hydrogen (secondary N) is 1. The molecule has 2 rings (SSSR count). The van der Waals surface area contributed by atoms with Crippen molar-refractivity contribution < 1.29 is 9.90 Å². The second-order valence-corrected chi connectivity index (χ2v) is 5.61. The molecule has 1 aliphatic rings. The Labute approximate surface area is 124 Å². The lowest BCUT2D eigenvalue weighted by atomic mass is 10.00. The van der Waals surface area contributed by atoms with Gasteiger partial charge in [0.15, 0.2) is 0 Å². The number of carbonyl (C=O) groups excluding carboxylic acids is 1. The molecule has 0 spiro atoms. The van der Waals surface area contributed by atoms with Crippen LogP contribution in [-0.4, -0.2) is 30.6 Å². The van der Waals surface area contributed by atoms with Gasteiger partial charge >= 0.3 is 0 Å². The van der Waals surface area contributed by atoms with Crippen LogP contribution in [0.25, 0.3) is 0 Å². The zero-order valence-corrected chi connectivity index (χ0v) is 12.7. The Morgan fingerprint density at radius 2 is 2.25 bits per heavy atom. The van der Waals surface area contributed by atoms with Crippen molar-refractivity contribution in [3.05, 3.63) is 28.8 Å². The van der Waals surface area contributed by atoms with Crippen LogP contribution in [-0.2, 0) is 4.79 Å². The largest absolute Gasteiger partial charge is 0.389 e. The third kappa shape index (κ3) is 3.07. The topological polar surface area (TPSA) is 52.6 Å². The predicted octanol–water partition coefficient (Wildman–Crippen LogP) is 2.50. The molecule has 0 saturated carbocycles. The standard InChI is InChI=1S/C15H21ClN2O2/c1-10(19)11-6-7-13(12(16)9-11)18-8-4-3-5-14(18)15(20)17-2/h6-7,9-10,14,19H,3-5,8H2,1-2H3,(H,17,20)/t10-,14?/m0/s1. The Balaban J connectivity index is 2.30. The first-order chi connectivity index (χ1) is 9.54. The van der Waals surface area contributed by atoms with E-state index in [9.17, 15) is 9.90 Å². The first-order valence-corrected chi connectivity index (χ1v) is 7.38. The van der Waals surface area contributed by atoms with Gasteiger partial charge < -0.3 is 15.3 Å². The second-order valence-electron chi connectivity index (χ2n) is 5.21. The molecular weight excluding hydrogens is 276 g/mol. The fraction of sp³-hybridized carbons (Fsp3) is 0.533. The summed E-state index contributed by atoms with van der Waals surface area (Å²) in [4.78, 5) is 14.1. The first kappa shape index (κ1) is 15.1. The molecule has 1 unspecified atom stereocenters. The van der Waals surface area contributed by atoms with Gasteiger partial charge in [0.25, 0.3) is 0 Å². The summed E-state index contributed by atoms with van der Waals surface area (Å²) in [6, 6.07) is 5.37. The number of piperidine rings is 1. The molecule has 1 aromatic carbocycles. The van der Waals surface area contributed by atoms with Crippen LogP contribution in [0.1, 0.15) is 37.9 Å². The Kier molecular flexibility index (Phi) is 4.89. The molecule has 1 aliphatic heterocycles. The number of halogens is 1. The SMILES string of the molecule is CNC(=O)C1CCCCN1c1ccc([C@H](C)O)cc1Cl. The number of nitrogens with zero attached hydrogens (tertiary/aromatic N) is 1. The number of rotatable bonds is 3. The lowest BCUT2D eigenvalue weighted by Gasteiger charge is -2.36. The van der Waals surface area contributed by atoms with E-state index in [0.29, 0.717) is 5.02 Å². The first-order valence-electron chi connectivity index (χ1n) is 7.00. The number of hydrogen-bond acceptors (Lipinski definition) is 3. The third-order valence-electron chi connectivity index (χ3n) is 3.82. The summed E-state index contributed by atoms with van der Waals surface area (Å²) in [6.07, 6.45) is 2.41. The summed E-state index contributed by atoms with van der Waals surface area (Å²) >= 11 is 6.34. The number of amides is 1. The van der Waals surface area contributed by atoms with Crippen LogP contribution in [0.5, 0.6) is 0 Å². The highest BCUT2D eigenvalue weighted by atomic mass is 35.5. The van der Waals surface area contributed by atoms with Gasteiger partial charge in [-0.1, -0.05) is 17.7 Å². The average Bonchev–Trinajstić information content (AvgIpc) is 2.46. The highest BCUT2D eigenvalue weighted by Crippen LogP contribution is 2.33. The summed E-state index contributed by atoms with van der Waals surface area (Å²) in [5.41, 5.74) is 1.65. The van der Waals surface area contributed by atoms with Crippen LogP contribution in [0.2, 0.25) is 5.02 Å². The molecule has 20 heavy (non-hydrogen) atoms. The number of anilines is 1. The molecule has 2 atom stereocenters. The molecule has 1 amide bonds. The minimum Gasteiger partial charge on any atom is -0.389 e. The molecular formula is C15H21ClN2O2. The summed E-state index contributed by atoms with van der Waals surface area (Å²) in [5.74, 6) is 0.0281. The third-order valence-corrected chi connectivity index (χ3v) is 4.12. The van der Waals surface area contributed by atoms with E-state index in [1.54, 1.807) is 20.0 Å². The maximum Gasteiger partial charge on any atom is 0.242 e. The number of aliphatic hydroxyl groups is 1. The van der Waals surface area contributed by atoms with E-state index in [1.807, 2.05) is 12.1 Å². The molecule has 1 fully saturated rings. The van der Waals surface area contributed by atoms with Crippen LogP contribution >= 0.6 is 11.6 Å². The van der Waals surface area contributed by atoms with E-state index in [4.69, 9.17) is 11.6 Å². The zero-order valence-electron chi connectivity index (χ0n) is 11.9. The maximum absolute atomic E-state index is 12.0. The molecule has 2 N–H and O–H groups in total. The number of aliphatic hydroxyl groups excluding tert-OH is 1. The summed E-state index contributed by atoms with van der Waals surface area (Å²) in [5, 5.41) is 12.9. The molecule has 4 nitrogen and oxygen atoms in total. The van der Waals surface area contributed by atoms with Crippen molar-refractivity contribution in [1.82, 2.24) is 5.32 Å². The van der Waals surface area contributed by atoms with Gasteiger partial charge in [0.1, 0.15) is 6.04 Å². The van der Waals surface area contributed by atoms with Gasteiger partial charge in [0.05, 0.1) is 16.8 Å². The van der Waals surface area contributed by atoms with Gasteiger partial charge in [-0.3, -0.25) is 4.79 Å². The Morgan fingerprint density at radius 3 is 2.85 bits per heavy atom. The van der Waals surface area contributed by atoms with E-state index in [2.05, 4.69) is 10.2 Å². The van der Waals surface area contributed by atoms with E-state index < -0.39 is 6.10 Å². The Bertz CT molecular complexity index is 491. The van der Waals surface area contributed by atoms with Crippen LogP contribution < -0.4 is 10.2 Å². The summed E-state index contributed by atoms with van der Waals surface area (Å²) in [7, 11) is 1.66. The molecule has 1 heterocycles. The summed E-state index contributed by atoms with van der Waals surface area (Å²) in [6.45, 7) is 2.53. The van der Waals surface area contributed by atoms with E-state index in [0.717, 1.165) is 37.1 Å². The average molecular weight is 297 g/mol. The fourth-order valence-electron chi connectivity index (χ4n) is 2.68.